The molecule has 3 unspecified atom stereocenters. The highest BCUT2D eigenvalue weighted by atomic mass is 32.1. The molecule has 3 atom stereocenters. The number of likely N-dealkylation sites (tertiary alicyclic amines) is 1. The first-order valence-electron chi connectivity index (χ1n) is 18.0. The van der Waals surface area contributed by atoms with Crippen LogP contribution in [0.3, 0.4) is 0 Å². The first-order valence-corrected chi connectivity index (χ1v) is 18.8. The Kier molecular flexibility index (Phi) is 17.1. The standard InChI is InChI=1S/C37H58N6O9S/c1-25-31(53-24-40-25)27-10-8-26(9-11-27)21-39-33(46)29-20-28(44)22-43(29)34(47)32(36(2,3)4)41-30(45)23-42(35(48)52-37(5,6)7)13-15-50-17-19-51-18-16-49-14-12-38/h8-11,24,28-29,32,44H,12-23,38H2,1-7H3,(H,39,46)(H,41,45). The van der Waals surface area contributed by atoms with Gasteiger partial charge in [0.25, 0.3) is 0 Å². The van der Waals surface area contributed by atoms with E-state index >= 15 is 0 Å². The predicted molar refractivity (Wildman–Crippen MR) is 201 cm³/mol. The Bertz CT molecular complexity index is 1470. The van der Waals surface area contributed by atoms with E-state index in [9.17, 15) is 24.3 Å². The number of nitrogens with two attached hydrogens (primary N) is 1. The summed E-state index contributed by atoms with van der Waals surface area (Å²) in [7, 11) is 0. The fraction of sp³-hybridized carbons (Fsp3) is 0.649. The van der Waals surface area contributed by atoms with Crippen molar-refractivity contribution < 1.29 is 43.2 Å². The van der Waals surface area contributed by atoms with Crippen molar-refractivity contribution in [2.75, 3.05) is 65.8 Å². The van der Waals surface area contributed by atoms with Gasteiger partial charge in [0.1, 0.15) is 24.2 Å². The Hall–Kier alpha value is -3.67. The zero-order valence-electron chi connectivity index (χ0n) is 32.1. The molecule has 53 heavy (non-hydrogen) atoms. The number of rotatable bonds is 19. The van der Waals surface area contributed by atoms with Crippen LogP contribution in [-0.2, 0) is 39.9 Å². The number of nitrogens with zero attached hydrogens (tertiary/aromatic N) is 3. The molecule has 1 saturated heterocycles. The molecule has 1 aliphatic rings. The summed E-state index contributed by atoms with van der Waals surface area (Å²) in [4.78, 5) is 62.0. The molecule has 296 valence electrons. The van der Waals surface area contributed by atoms with Crippen LogP contribution in [0.4, 0.5) is 4.79 Å². The Morgan fingerprint density at radius 3 is 2.19 bits per heavy atom. The van der Waals surface area contributed by atoms with E-state index in [0.717, 1.165) is 21.7 Å². The van der Waals surface area contributed by atoms with Crippen molar-refractivity contribution in [3.05, 3.63) is 41.0 Å². The number of hydrogen-bond acceptors (Lipinski definition) is 12. The first kappa shape index (κ1) is 43.7. The molecule has 1 aromatic heterocycles. The predicted octanol–water partition coefficient (Wildman–Crippen LogP) is 2.47. The zero-order chi connectivity index (χ0) is 39.2. The number of carbonyl (C=O) groups excluding carboxylic acids is 4. The van der Waals surface area contributed by atoms with Crippen molar-refractivity contribution in [1.29, 1.82) is 0 Å². The van der Waals surface area contributed by atoms with Crippen LogP contribution in [-0.4, -0.2) is 133 Å². The molecule has 15 nitrogen and oxygen atoms in total. The maximum Gasteiger partial charge on any atom is 0.410 e. The van der Waals surface area contributed by atoms with Crippen molar-refractivity contribution in [2.45, 2.75) is 85.2 Å². The quantitative estimate of drug-likeness (QED) is 0.154. The summed E-state index contributed by atoms with van der Waals surface area (Å²) in [5, 5.41) is 16.3. The van der Waals surface area contributed by atoms with E-state index in [2.05, 4.69) is 15.6 Å². The SMILES string of the molecule is Cc1ncsc1-c1ccc(CNC(=O)C2CC(O)CN2C(=O)C(NC(=O)CN(CCOCCOCCOCCN)C(=O)OC(C)(C)C)C(C)(C)C)cc1. The number of β-amino-alcohol motifs (C(OH)–C–C–N with tert-alkyl or cyclic N) is 1. The summed E-state index contributed by atoms with van der Waals surface area (Å²) in [6, 6.07) is 5.80. The maximum absolute atomic E-state index is 14.1. The molecule has 2 aromatic rings. The fourth-order valence-corrected chi connectivity index (χ4v) is 6.33. The molecule has 1 aromatic carbocycles. The number of carbonyl (C=O) groups is 4. The lowest BCUT2D eigenvalue weighted by Gasteiger charge is -2.36. The van der Waals surface area contributed by atoms with Gasteiger partial charge in [-0.25, -0.2) is 9.78 Å². The fourth-order valence-electron chi connectivity index (χ4n) is 5.52. The number of aliphatic hydroxyl groups excluding tert-OH is 1. The van der Waals surface area contributed by atoms with Crippen LogP contribution in [0.1, 0.15) is 59.2 Å². The number of hydrogen-bond donors (Lipinski definition) is 4. The van der Waals surface area contributed by atoms with Gasteiger partial charge >= 0.3 is 6.09 Å². The van der Waals surface area contributed by atoms with Gasteiger partial charge in [0.2, 0.25) is 17.7 Å². The summed E-state index contributed by atoms with van der Waals surface area (Å²) >= 11 is 1.56. The Balaban J connectivity index is 1.61. The Morgan fingerprint density at radius 2 is 1.62 bits per heavy atom. The van der Waals surface area contributed by atoms with Crippen LogP contribution >= 0.6 is 11.3 Å². The van der Waals surface area contributed by atoms with Gasteiger partial charge in [-0.1, -0.05) is 45.0 Å². The van der Waals surface area contributed by atoms with E-state index in [1.165, 1.54) is 9.80 Å². The summed E-state index contributed by atoms with van der Waals surface area (Å²) in [5.41, 5.74) is 8.46. The number of aromatic nitrogens is 1. The van der Waals surface area contributed by atoms with Crippen LogP contribution in [0.5, 0.6) is 0 Å². The average molecular weight is 763 g/mol. The lowest BCUT2D eigenvalue weighted by Crippen LogP contribution is -2.59. The van der Waals surface area contributed by atoms with E-state index in [1.54, 1.807) is 58.4 Å². The molecule has 0 bridgehead atoms. The van der Waals surface area contributed by atoms with Gasteiger partial charge in [0.15, 0.2) is 0 Å². The second-order valence-electron chi connectivity index (χ2n) is 15.0. The van der Waals surface area contributed by atoms with Gasteiger partial charge in [-0.3, -0.25) is 19.3 Å². The molecule has 0 aliphatic carbocycles. The third-order valence-electron chi connectivity index (χ3n) is 8.21. The van der Waals surface area contributed by atoms with Crippen molar-refractivity contribution in [3.8, 4) is 10.4 Å². The topological polar surface area (TPSA) is 195 Å². The molecule has 16 heteroatoms. The Labute approximate surface area is 316 Å². The van der Waals surface area contributed by atoms with Gasteiger partial charge in [-0.2, -0.15) is 0 Å². The second kappa shape index (κ2) is 20.7. The van der Waals surface area contributed by atoms with E-state index in [1.807, 2.05) is 31.2 Å². The summed E-state index contributed by atoms with van der Waals surface area (Å²) in [6.07, 6.45) is -1.56. The molecule has 0 spiro atoms. The molecule has 5 N–H and O–H groups in total. The molecule has 0 saturated carbocycles. The molecule has 0 radical (unpaired) electrons. The van der Waals surface area contributed by atoms with Crippen LogP contribution in [0.15, 0.2) is 29.8 Å². The molecular weight excluding hydrogens is 705 g/mol. The lowest BCUT2D eigenvalue weighted by atomic mass is 9.85. The van der Waals surface area contributed by atoms with Gasteiger partial charge in [-0.15, -0.1) is 11.3 Å². The maximum atomic E-state index is 14.1. The van der Waals surface area contributed by atoms with Crippen molar-refractivity contribution in [1.82, 2.24) is 25.4 Å². The number of aliphatic hydroxyl groups is 1. The minimum Gasteiger partial charge on any atom is -0.444 e. The number of benzene rings is 1. The molecule has 1 fully saturated rings. The molecule has 4 amide bonds. The van der Waals surface area contributed by atoms with Crippen LogP contribution in [0, 0.1) is 12.3 Å². The normalized spacial score (nSPS) is 16.7. The largest absolute Gasteiger partial charge is 0.444 e. The summed E-state index contributed by atoms with van der Waals surface area (Å²) in [6.45, 7) is 14.7. The number of amides is 4. The van der Waals surface area contributed by atoms with Gasteiger partial charge < -0.3 is 45.3 Å². The smallest absolute Gasteiger partial charge is 0.410 e. The lowest BCUT2D eigenvalue weighted by molar-refractivity contribution is -0.144. The van der Waals surface area contributed by atoms with E-state index in [0.29, 0.717) is 33.0 Å². The number of thiazole rings is 1. The first-order chi connectivity index (χ1) is 25.0. The van der Waals surface area contributed by atoms with Gasteiger partial charge in [0.05, 0.1) is 61.8 Å². The van der Waals surface area contributed by atoms with Crippen molar-refractivity contribution >= 4 is 35.2 Å². The van der Waals surface area contributed by atoms with E-state index in [-0.39, 0.29) is 39.3 Å². The van der Waals surface area contributed by atoms with Crippen LogP contribution < -0.4 is 16.4 Å². The number of ether oxygens (including phenoxy) is 4. The third-order valence-corrected chi connectivity index (χ3v) is 9.19. The van der Waals surface area contributed by atoms with Gasteiger partial charge in [0, 0.05) is 32.6 Å². The molecular formula is C37H58N6O9S. The van der Waals surface area contributed by atoms with E-state index in [4.69, 9.17) is 24.7 Å². The average Bonchev–Trinajstić information content (AvgIpc) is 3.70. The minimum atomic E-state index is -1.07. The number of nitrogens with one attached hydrogen (secondary N) is 2. The van der Waals surface area contributed by atoms with Gasteiger partial charge in [-0.05, 0) is 44.2 Å². The van der Waals surface area contributed by atoms with E-state index < -0.39 is 59.6 Å². The van der Waals surface area contributed by atoms with Crippen molar-refractivity contribution in [2.24, 2.45) is 11.1 Å². The van der Waals surface area contributed by atoms with Crippen LogP contribution in [0.2, 0.25) is 0 Å². The molecule has 1 aliphatic heterocycles. The highest BCUT2D eigenvalue weighted by Gasteiger charge is 2.44. The Morgan fingerprint density at radius 1 is 1.00 bits per heavy atom. The zero-order valence-corrected chi connectivity index (χ0v) is 33.0. The minimum absolute atomic E-state index is 0.0459. The summed E-state index contributed by atoms with van der Waals surface area (Å²) < 4.78 is 21.9. The highest BCUT2D eigenvalue weighted by Crippen LogP contribution is 2.28. The highest BCUT2D eigenvalue weighted by molar-refractivity contribution is 7.13. The van der Waals surface area contributed by atoms with Crippen molar-refractivity contribution in [3.63, 3.8) is 0 Å². The van der Waals surface area contributed by atoms with Crippen LogP contribution in [0.25, 0.3) is 10.4 Å². The molecule has 2 heterocycles. The number of aryl methyl sites for hydroxylation is 1. The second-order valence-corrected chi connectivity index (χ2v) is 15.8. The third kappa shape index (κ3) is 14.6. The molecule has 3 rings (SSSR count). The monoisotopic (exact) mass is 762 g/mol. The summed E-state index contributed by atoms with van der Waals surface area (Å²) in [5.74, 6) is -1.51.